The van der Waals surface area contributed by atoms with Crippen LogP contribution >= 0.6 is 12.4 Å². The third-order valence-electron chi connectivity index (χ3n) is 3.19. The van der Waals surface area contributed by atoms with Gasteiger partial charge in [0.25, 0.3) is 0 Å². The van der Waals surface area contributed by atoms with Crippen molar-refractivity contribution in [3.05, 3.63) is 35.7 Å². The Morgan fingerprint density at radius 1 is 1.33 bits per heavy atom. The lowest BCUT2D eigenvalue weighted by atomic mass is 10.1. The second kappa shape index (κ2) is 5.50. The molecule has 1 aliphatic heterocycles. The summed E-state index contributed by atoms with van der Waals surface area (Å²) in [6, 6.07) is 8.32. The molecule has 0 amide bonds. The number of hydrogen-bond acceptors (Lipinski definition) is 4. The maximum Gasteiger partial charge on any atom is 0.244 e. The lowest BCUT2D eigenvalue weighted by Gasteiger charge is -2.01. The maximum atomic E-state index is 5.33. The van der Waals surface area contributed by atoms with E-state index in [1.165, 1.54) is 12.0 Å². The highest BCUT2D eigenvalue weighted by Crippen LogP contribution is 2.25. The van der Waals surface area contributed by atoms with Gasteiger partial charge in [-0.3, -0.25) is 0 Å². The number of aromatic nitrogens is 2. The van der Waals surface area contributed by atoms with Gasteiger partial charge in [-0.05, 0) is 31.9 Å². The minimum absolute atomic E-state index is 0. The number of benzene rings is 1. The number of hydrogen-bond donors (Lipinski definition) is 1. The highest BCUT2D eigenvalue weighted by Gasteiger charge is 2.22. The van der Waals surface area contributed by atoms with Crippen molar-refractivity contribution in [1.29, 1.82) is 0 Å². The minimum atomic E-state index is 0. The van der Waals surface area contributed by atoms with Gasteiger partial charge in [0.15, 0.2) is 0 Å². The summed E-state index contributed by atoms with van der Waals surface area (Å²) < 4.78 is 5.33. The molecule has 1 N–H and O–H groups in total. The fourth-order valence-corrected chi connectivity index (χ4v) is 2.21. The Labute approximate surface area is 112 Å². The second-order valence-corrected chi connectivity index (χ2v) is 4.42. The molecule has 1 atom stereocenters. The number of rotatable bonds is 2. The van der Waals surface area contributed by atoms with Crippen molar-refractivity contribution in [2.24, 2.45) is 0 Å². The molecule has 2 heterocycles. The van der Waals surface area contributed by atoms with E-state index in [2.05, 4.69) is 28.4 Å². The van der Waals surface area contributed by atoms with Crippen molar-refractivity contribution >= 4 is 12.4 Å². The molecule has 4 nitrogen and oxygen atoms in total. The van der Waals surface area contributed by atoms with Gasteiger partial charge in [-0.2, -0.15) is 4.98 Å². The first kappa shape index (κ1) is 13.1. The van der Waals surface area contributed by atoms with Crippen LogP contribution in [-0.4, -0.2) is 16.7 Å². The van der Waals surface area contributed by atoms with E-state index in [9.17, 15) is 0 Å². The van der Waals surface area contributed by atoms with E-state index >= 15 is 0 Å². The summed E-state index contributed by atoms with van der Waals surface area (Å²) in [6.07, 6.45) is 2.25. The Bertz CT molecular complexity index is 520. The van der Waals surface area contributed by atoms with E-state index in [1.54, 1.807) is 0 Å². The molecule has 0 radical (unpaired) electrons. The third-order valence-corrected chi connectivity index (χ3v) is 3.19. The largest absolute Gasteiger partial charge is 0.337 e. The first-order valence-electron chi connectivity index (χ1n) is 5.97. The molecule has 0 spiro atoms. The average molecular weight is 266 g/mol. The quantitative estimate of drug-likeness (QED) is 0.907. The number of nitrogens with zero attached hydrogens (tertiary/aromatic N) is 2. The normalized spacial score (nSPS) is 18.6. The Morgan fingerprint density at radius 2 is 2.17 bits per heavy atom. The zero-order valence-electron chi connectivity index (χ0n) is 10.2. The highest BCUT2D eigenvalue weighted by atomic mass is 35.5. The fourth-order valence-electron chi connectivity index (χ4n) is 2.21. The van der Waals surface area contributed by atoms with Crippen LogP contribution in [0.5, 0.6) is 0 Å². The van der Waals surface area contributed by atoms with Crippen LogP contribution in [0.25, 0.3) is 11.4 Å². The first-order valence-corrected chi connectivity index (χ1v) is 5.97. The van der Waals surface area contributed by atoms with E-state index in [1.807, 2.05) is 18.2 Å². The topological polar surface area (TPSA) is 51.0 Å². The van der Waals surface area contributed by atoms with Crippen molar-refractivity contribution in [2.45, 2.75) is 25.8 Å². The van der Waals surface area contributed by atoms with Crippen molar-refractivity contribution in [3.8, 4) is 11.4 Å². The summed E-state index contributed by atoms with van der Waals surface area (Å²) in [5.74, 6) is 1.40. The molecule has 96 valence electrons. The monoisotopic (exact) mass is 265 g/mol. The van der Waals surface area contributed by atoms with Gasteiger partial charge in [0.05, 0.1) is 6.04 Å². The molecule has 1 aromatic carbocycles. The van der Waals surface area contributed by atoms with Crippen LogP contribution in [0.1, 0.15) is 30.3 Å². The van der Waals surface area contributed by atoms with E-state index in [0.29, 0.717) is 11.7 Å². The van der Waals surface area contributed by atoms with Crippen molar-refractivity contribution in [2.75, 3.05) is 6.54 Å². The smallest absolute Gasteiger partial charge is 0.244 e. The van der Waals surface area contributed by atoms with E-state index < -0.39 is 0 Å². The Kier molecular flexibility index (Phi) is 3.99. The number of halogens is 1. The molecular weight excluding hydrogens is 250 g/mol. The van der Waals surface area contributed by atoms with Gasteiger partial charge in [0.1, 0.15) is 0 Å². The Balaban J connectivity index is 0.00000120. The Hall–Kier alpha value is -1.39. The molecule has 1 aromatic heterocycles. The summed E-state index contributed by atoms with van der Waals surface area (Å²) >= 11 is 0. The van der Waals surface area contributed by atoms with Gasteiger partial charge in [0.2, 0.25) is 11.7 Å². The minimum Gasteiger partial charge on any atom is -0.337 e. The third kappa shape index (κ3) is 2.40. The number of aryl methyl sites for hydroxylation is 1. The van der Waals surface area contributed by atoms with E-state index in [-0.39, 0.29) is 18.4 Å². The molecule has 0 saturated carbocycles. The summed E-state index contributed by atoms with van der Waals surface area (Å²) in [4.78, 5) is 4.48. The molecule has 0 aliphatic carbocycles. The molecule has 2 aromatic rings. The fraction of sp³-hybridized carbons (Fsp3) is 0.385. The predicted molar refractivity (Wildman–Crippen MR) is 71.7 cm³/mol. The maximum absolute atomic E-state index is 5.33. The van der Waals surface area contributed by atoms with Gasteiger partial charge in [0, 0.05) is 5.56 Å². The Morgan fingerprint density at radius 3 is 2.89 bits per heavy atom. The van der Waals surface area contributed by atoms with Gasteiger partial charge in [-0.15, -0.1) is 12.4 Å². The lowest BCUT2D eigenvalue weighted by molar-refractivity contribution is 0.345. The van der Waals surface area contributed by atoms with Crippen LogP contribution in [-0.2, 0) is 0 Å². The summed E-state index contributed by atoms with van der Waals surface area (Å²) in [5, 5.41) is 7.42. The van der Waals surface area contributed by atoms with Crippen LogP contribution in [0.15, 0.2) is 28.8 Å². The van der Waals surface area contributed by atoms with E-state index in [0.717, 1.165) is 18.5 Å². The van der Waals surface area contributed by atoms with E-state index in [4.69, 9.17) is 4.52 Å². The second-order valence-electron chi connectivity index (χ2n) is 4.42. The number of nitrogens with one attached hydrogen (secondary N) is 1. The van der Waals surface area contributed by atoms with Gasteiger partial charge in [-0.1, -0.05) is 29.4 Å². The van der Waals surface area contributed by atoms with Crippen LogP contribution < -0.4 is 5.32 Å². The molecule has 1 unspecified atom stereocenters. The summed E-state index contributed by atoms with van der Waals surface area (Å²) in [6.45, 7) is 3.09. The SMILES string of the molecule is Cc1ccccc1-c1noc(C2CCCN2)n1.Cl. The molecule has 0 bridgehead atoms. The van der Waals surface area contributed by atoms with Crippen LogP contribution in [0.3, 0.4) is 0 Å². The first-order chi connectivity index (χ1) is 8.34. The average Bonchev–Trinajstić information content (AvgIpc) is 3.00. The van der Waals surface area contributed by atoms with Gasteiger partial charge in [-0.25, -0.2) is 0 Å². The summed E-state index contributed by atoms with van der Waals surface area (Å²) in [5.41, 5.74) is 2.21. The molecule has 1 fully saturated rings. The molecule has 18 heavy (non-hydrogen) atoms. The van der Waals surface area contributed by atoms with Gasteiger partial charge < -0.3 is 9.84 Å². The van der Waals surface area contributed by atoms with Crippen LogP contribution in [0, 0.1) is 6.92 Å². The molecule has 3 rings (SSSR count). The lowest BCUT2D eigenvalue weighted by Crippen LogP contribution is -2.12. The predicted octanol–water partition coefficient (Wildman–Crippen LogP) is 2.89. The summed E-state index contributed by atoms with van der Waals surface area (Å²) in [7, 11) is 0. The molecule has 1 aliphatic rings. The van der Waals surface area contributed by atoms with Crippen LogP contribution in [0.4, 0.5) is 0 Å². The zero-order valence-corrected chi connectivity index (χ0v) is 11.0. The highest BCUT2D eigenvalue weighted by molar-refractivity contribution is 5.85. The molecular formula is C13H16ClN3O. The molecule has 5 heteroatoms. The van der Waals surface area contributed by atoms with Crippen LogP contribution in [0.2, 0.25) is 0 Å². The molecule has 1 saturated heterocycles. The van der Waals surface area contributed by atoms with Crippen molar-refractivity contribution < 1.29 is 4.52 Å². The zero-order chi connectivity index (χ0) is 11.7. The van der Waals surface area contributed by atoms with Gasteiger partial charge >= 0.3 is 0 Å². The van der Waals surface area contributed by atoms with Crippen molar-refractivity contribution in [3.63, 3.8) is 0 Å². The van der Waals surface area contributed by atoms with Crippen molar-refractivity contribution in [1.82, 2.24) is 15.5 Å². The standard InChI is InChI=1S/C13H15N3O.ClH/c1-9-5-2-3-6-10(9)12-15-13(17-16-12)11-7-4-8-14-11;/h2-3,5-6,11,14H,4,7-8H2,1H3;1H.